The van der Waals surface area contributed by atoms with Gasteiger partial charge in [0.25, 0.3) is 5.91 Å². The largest absolute Gasteiger partial charge is 0.486 e. The Labute approximate surface area is 142 Å². The molecule has 1 saturated heterocycles. The van der Waals surface area contributed by atoms with Crippen LogP contribution in [-0.4, -0.2) is 61.0 Å². The van der Waals surface area contributed by atoms with Gasteiger partial charge in [0.15, 0.2) is 11.5 Å². The van der Waals surface area contributed by atoms with Gasteiger partial charge in [-0.3, -0.25) is 9.59 Å². The van der Waals surface area contributed by atoms with Crippen molar-refractivity contribution in [2.75, 3.05) is 39.4 Å². The molecule has 6 heteroatoms. The highest BCUT2D eigenvalue weighted by molar-refractivity contribution is 5.96. The normalized spacial score (nSPS) is 17.4. The standard InChI is InChI=1S/C18H24N2O4/c1-3-17(21)19-5-4-6-20(8-7-19)18(22)14-12-16-15(11-13(14)2)23-9-10-24-16/h11-12H,3-10H2,1-2H3. The Morgan fingerprint density at radius 3 is 2.33 bits per heavy atom. The Bertz CT molecular complexity index is 644. The fourth-order valence-electron chi connectivity index (χ4n) is 3.18. The lowest BCUT2D eigenvalue weighted by molar-refractivity contribution is -0.130. The average molecular weight is 332 g/mol. The van der Waals surface area contributed by atoms with Gasteiger partial charge in [0.2, 0.25) is 5.91 Å². The van der Waals surface area contributed by atoms with Crippen LogP contribution >= 0.6 is 0 Å². The zero-order valence-electron chi connectivity index (χ0n) is 14.3. The number of benzene rings is 1. The van der Waals surface area contributed by atoms with Crippen LogP contribution in [0.3, 0.4) is 0 Å². The molecule has 24 heavy (non-hydrogen) atoms. The Morgan fingerprint density at radius 1 is 1.00 bits per heavy atom. The van der Waals surface area contributed by atoms with Gasteiger partial charge in [-0.25, -0.2) is 0 Å². The first kappa shape index (κ1) is 16.6. The lowest BCUT2D eigenvalue weighted by Crippen LogP contribution is -2.37. The second kappa shape index (κ2) is 7.11. The van der Waals surface area contributed by atoms with Gasteiger partial charge in [0.1, 0.15) is 13.2 Å². The van der Waals surface area contributed by atoms with E-state index < -0.39 is 0 Å². The van der Waals surface area contributed by atoms with Crippen molar-refractivity contribution in [3.63, 3.8) is 0 Å². The number of nitrogens with zero attached hydrogens (tertiary/aromatic N) is 2. The van der Waals surface area contributed by atoms with Gasteiger partial charge in [0, 0.05) is 38.2 Å². The zero-order valence-corrected chi connectivity index (χ0v) is 14.3. The minimum Gasteiger partial charge on any atom is -0.486 e. The maximum absolute atomic E-state index is 12.9. The Balaban J connectivity index is 1.75. The van der Waals surface area contributed by atoms with E-state index in [-0.39, 0.29) is 11.8 Å². The average Bonchev–Trinajstić information content (AvgIpc) is 2.86. The van der Waals surface area contributed by atoms with Gasteiger partial charge in [-0.15, -0.1) is 0 Å². The summed E-state index contributed by atoms with van der Waals surface area (Å²) in [7, 11) is 0. The molecule has 0 bridgehead atoms. The van der Waals surface area contributed by atoms with Crippen LogP contribution in [0.25, 0.3) is 0 Å². The number of fused-ring (bicyclic) bond motifs is 1. The van der Waals surface area contributed by atoms with Crippen LogP contribution in [0.4, 0.5) is 0 Å². The number of aryl methyl sites for hydroxylation is 1. The fourth-order valence-corrected chi connectivity index (χ4v) is 3.18. The molecule has 0 radical (unpaired) electrons. The first-order valence-corrected chi connectivity index (χ1v) is 8.57. The third-order valence-electron chi connectivity index (χ3n) is 4.56. The molecule has 0 atom stereocenters. The van der Waals surface area contributed by atoms with Crippen molar-refractivity contribution in [2.24, 2.45) is 0 Å². The number of hydrogen-bond donors (Lipinski definition) is 0. The van der Waals surface area contributed by atoms with Gasteiger partial charge in [-0.2, -0.15) is 0 Å². The van der Waals surface area contributed by atoms with Gasteiger partial charge >= 0.3 is 0 Å². The molecule has 0 unspecified atom stereocenters. The number of rotatable bonds is 2. The maximum Gasteiger partial charge on any atom is 0.254 e. The third-order valence-corrected chi connectivity index (χ3v) is 4.56. The molecule has 0 spiro atoms. The Hall–Kier alpha value is -2.24. The lowest BCUT2D eigenvalue weighted by atomic mass is 10.1. The van der Waals surface area contributed by atoms with E-state index in [1.807, 2.05) is 29.7 Å². The van der Waals surface area contributed by atoms with Crippen molar-refractivity contribution in [3.05, 3.63) is 23.3 Å². The van der Waals surface area contributed by atoms with Gasteiger partial charge in [0.05, 0.1) is 0 Å². The number of hydrogen-bond acceptors (Lipinski definition) is 4. The van der Waals surface area contributed by atoms with E-state index in [2.05, 4.69) is 0 Å². The van der Waals surface area contributed by atoms with E-state index in [1.54, 1.807) is 6.07 Å². The SMILES string of the molecule is CCC(=O)N1CCCN(C(=O)c2cc3c(cc2C)OCCO3)CC1. The molecule has 130 valence electrons. The van der Waals surface area contributed by atoms with Gasteiger partial charge < -0.3 is 19.3 Å². The molecule has 6 nitrogen and oxygen atoms in total. The van der Waals surface area contributed by atoms with Crippen LogP contribution in [0.15, 0.2) is 12.1 Å². The summed E-state index contributed by atoms with van der Waals surface area (Å²) in [5, 5.41) is 0. The topological polar surface area (TPSA) is 59.1 Å². The minimum atomic E-state index is -0.00438. The highest BCUT2D eigenvalue weighted by Crippen LogP contribution is 2.33. The third kappa shape index (κ3) is 3.32. The first-order valence-electron chi connectivity index (χ1n) is 8.57. The molecular weight excluding hydrogens is 308 g/mol. The molecule has 0 aliphatic carbocycles. The molecule has 2 aliphatic heterocycles. The summed E-state index contributed by atoms with van der Waals surface area (Å²) in [5.41, 5.74) is 1.53. The van der Waals surface area contributed by atoms with Crippen LogP contribution in [0.1, 0.15) is 35.7 Å². The molecule has 0 aromatic heterocycles. The predicted octanol–water partition coefficient (Wildman–Crippen LogP) is 1.85. The Morgan fingerprint density at radius 2 is 1.62 bits per heavy atom. The van der Waals surface area contributed by atoms with Crippen molar-refractivity contribution in [1.82, 2.24) is 9.80 Å². The number of ether oxygens (including phenoxy) is 2. The zero-order chi connectivity index (χ0) is 17.1. The lowest BCUT2D eigenvalue weighted by Gasteiger charge is -2.24. The minimum absolute atomic E-state index is 0.00438. The molecular formula is C18H24N2O4. The van der Waals surface area contributed by atoms with Crippen molar-refractivity contribution in [1.29, 1.82) is 0 Å². The molecule has 2 aliphatic rings. The van der Waals surface area contributed by atoms with E-state index in [0.29, 0.717) is 56.3 Å². The summed E-state index contributed by atoms with van der Waals surface area (Å²) < 4.78 is 11.2. The summed E-state index contributed by atoms with van der Waals surface area (Å²) in [6.07, 6.45) is 1.32. The molecule has 0 saturated carbocycles. The van der Waals surface area contributed by atoms with Crippen molar-refractivity contribution in [3.8, 4) is 11.5 Å². The quantitative estimate of drug-likeness (QED) is 0.829. The fraction of sp³-hybridized carbons (Fsp3) is 0.556. The monoisotopic (exact) mass is 332 g/mol. The van der Waals surface area contributed by atoms with Crippen LogP contribution < -0.4 is 9.47 Å². The van der Waals surface area contributed by atoms with E-state index in [1.165, 1.54) is 0 Å². The van der Waals surface area contributed by atoms with Crippen molar-refractivity contribution >= 4 is 11.8 Å². The summed E-state index contributed by atoms with van der Waals surface area (Å²) in [6.45, 7) is 7.37. The van der Waals surface area contributed by atoms with E-state index in [0.717, 1.165) is 18.5 Å². The second-order valence-corrected chi connectivity index (χ2v) is 6.19. The molecule has 2 heterocycles. The van der Waals surface area contributed by atoms with Crippen LogP contribution in [-0.2, 0) is 4.79 Å². The molecule has 0 N–H and O–H groups in total. The number of carbonyl (C=O) groups is 2. The van der Waals surface area contributed by atoms with Crippen molar-refractivity contribution < 1.29 is 19.1 Å². The second-order valence-electron chi connectivity index (χ2n) is 6.19. The number of amides is 2. The van der Waals surface area contributed by atoms with Crippen LogP contribution in [0.2, 0.25) is 0 Å². The Kier molecular flexibility index (Phi) is 4.92. The van der Waals surface area contributed by atoms with E-state index in [9.17, 15) is 9.59 Å². The first-order chi connectivity index (χ1) is 11.6. The summed E-state index contributed by atoms with van der Waals surface area (Å²) in [6, 6.07) is 3.65. The maximum atomic E-state index is 12.9. The molecule has 1 fully saturated rings. The summed E-state index contributed by atoms with van der Waals surface area (Å²) in [4.78, 5) is 28.5. The van der Waals surface area contributed by atoms with Gasteiger partial charge in [-0.1, -0.05) is 6.92 Å². The molecule has 3 rings (SSSR count). The highest BCUT2D eigenvalue weighted by atomic mass is 16.6. The van der Waals surface area contributed by atoms with E-state index >= 15 is 0 Å². The number of carbonyl (C=O) groups excluding carboxylic acids is 2. The highest BCUT2D eigenvalue weighted by Gasteiger charge is 2.25. The van der Waals surface area contributed by atoms with Crippen molar-refractivity contribution in [2.45, 2.75) is 26.7 Å². The molecule has 2 amide bonds. The molecule has 1 aromatic carbocycles. The molecule has 1 aromatic rings. The predicted molar refractivity (Wildman–Crippen MR) is 89.6 cm³/mol. The van der Waals surface area contributed by atoms with E-state index in [4.69, 9.17) is 9.47 Å². The van der Waals surface area contributed by atoms with Crippen LogP contribution in [0.5, 0.6) is 11.5 Å². The summed E-state index contributed by atoms with van der Waals surface area (Å²) in [5.74, 6) is 1.48. The smallest absolute Gasteiger partial charge is 0.254 e. The summed E-state index contributed by atoms with van der Waals surface area (Å²) >= 11 is 0. The van der Waals surface area contributed by atoms with Gasteiger partial charge in [-0.05, 0) is 31.0 Å². The van der Waals surface area contributed by atoms with Crippen LogP contribution in [0, 0.1) is 6.92 Å².